The van der Waals surface area contributed by atoms with E-state index in [0.29, 0.717) is 18.7 Å². The van der Waals surface area contributed by atoms with Crippen LogP contribution in [-0.2, 0) is 16.6 Å². The summed E-state index contributed by atoms with van der Waals surface area (Å²) in [5.41, 5.74) is 0.741. The maximum Gasteiger partial charge on any atom is 0.256 e. The van der Waals surface area contributed by atoms with E-state index in [1.54, 1.807) is 30.0 Å². The monoisotopic (exact) mass is 417 g/mol. The topological polar surface area (TPSA) is 88.5 Å². The second kappa shape index (κ2) is 8.51. The Balaban J connectivity index is 1.93. The molecule has 1 aliphatic heterocycles. The van der Waals surface area contributed by atoms with Gasteiger partial charge in [-0.15, -0.1) is 0 Å². The molecule has 0 saturated carbocycles. The normalized spacial score (nSPS) is 17.8. The van der Waals surface area contributed by atoms with Crippen LogP contribution in [0.4, 0.5) is 5.69 Å². The highest BCUT2D eigenvalue weighted by Crippen LogP contribution is 2.26. The van der Waals surface area contributed by atoms with Crippen molar-refractivity contribution in [2.75, 3.05) is 11.9 Å². The molecule has 1 fully saturated rings. The number of nitrogens with one attached hydrogen (secondary N) is 1. The van der Waals surface area contributed by atoms with Crippen LogP contribution in [0.2, 0.25) is 0 Å². The highest BCUT2D eigenvalue weighted by Gasteiger charge is 2.31. The summed E-state index contributed by atoms with van der Waals surface area (Å²) in [7, 11) is -3.69. The number of amides is 1. The van der Waals surface area contributed by atoms with Gasteiger partial charge in [-0.3, -0.25) is 9.59 Å². The molecule has 1 amide bonds. The van der Waals surface area contributed by atoms with Crippen LogP contribution in [-0.4, -0.2) is 35.8 Å². The van der Waals surface area contributed by atoms with Crippen LogP contribution >= 0.6 is 0 Å². The summed E-state index contributed by atoms with van der Waals surface area (Å²) in [5, 5.41) is 2.63. The molecule has 29 heavy (non-hydrogen) atoms. The minimum absolute atomic E-state index is 0.0656. The summed E-state index contributed by atoms with van der Waals surface area (Å²) in [4.78, 5) is 25.0. The van der Waals surface area contributed by atoms with E-state index in [4.69, 9.17) is 0 Å². The highest BCUT2D eigenvalue weighted by molar-refractivity contribution is 7.89. The number of piperidine rings is 1. The lowest BCUT2D eigenvalue weighted by atomic mass is 10.1. The van der Waals surface area contributed by atoms with Gasteiger partial charge in [-0.1, -0.05) is 12.5 Å². The molecule has 1 aromatic heterocycles. The van der Waals surface area contributed by atoms with Crippen molar-refractivity contribution < 1.29 is 13.2 Å². The number of carbonyl (C=O) groups is 1. The predicted molar refractivity (Wildman–Crippen MR) is 113 cm³/mol. The second-order valence-corrected chi connectivity index (χ2v) is 9.34. The average Bonchev–Trinajstić information content (AvgIpc) is 2.70. The molecule has 0 bridgehead atoms. The van der Waals surface area contributed by atoms with Gasteiger partial charge in [0.1, 0.15) is 5.69 Å². The van der Waals surface area contributed by atoms with Crippen LogP contribution in [0.15, 0.2) is 46.3 Å². The van der Waals surface area contributed by atoms with Gasteiger partial charge in [0.05, 0.1) is 4.90 Å². The van der Waals surface area contributed by atoms with Gasteiger partial charge in [0.25, 0.3) is 5.91 Å². The van der Waals surface area contributed by atoms with Crippen LogP contribution in [0, 0.1) is 6.92 Å². The van der Waals surface area contributed by atoms with E-state index in [2.05, 4.69) is 5.32 Å². The Morgan fingerprint density at radius 2 is 2.00 bits per heavy atom. The Morgan fingerprint density at radius 3 is 2.69 bits per heavy atom. The third kappa shape index (κ3) is 4.43. The molecule has 0 radical (unpaired) electrons. The molecule has 0 aliphatic carbocycles. The molecule has 1 aromatic carbocycles. The third-order valence-corrected chi connectivity index (χ3v) is 7.40. The number of nitrogens with zero attached hydrogens (tertiary/aromatic N) is 2. The zero-order valence-corrected chi connectivity index (χ0v) is 17.8. The van der Waals surface area contributed by atoms with E-state index in [1.165, 1.54) is 22.5 Å². The first-order valence-corrected chi connectivity index (χ1v) is 11.3. The number of hydrogen-bond acceptors (Lipinski definition) is 4. The summed E-state index contributed by atoms with van der Waals surface area (Å²) >= 11 is 0. The highest BCUT2D eigenvalue weighted by atomic mass is 32.2. The van der Waals surface area contributed by atoms with Crippen molar-refractivity contribution in [2.24, 2.45) is 0 Å². The number of pyridine rings is 1. The summed E-state index contributed by atoms with van der Waals surface area (Å²) in [6.45, 7) is 6.72. The van der Waals surface area contributed by atoms with Gasteiger partial charge in [-0.05, 0) is 51.3 Å². The van der Waals surface area contributed by atoms with Gasteiger partial charge in [-0.25, -0.2) is 8.42 Å². The molecule has 156 valence electrons. The van der Waals surface area contributed by atoms with Crippen LogP contribution < -0.4 is 10.7 Å². The summed E-state index contributed by atoms with van der Waals surface area (Å²) in [5.74, 6) is -0.503. The van der Waals surface area contributed by atoms with E-state index in [1.807, 2.05) is 13.8 Å². The molecule has 1 N–H and O–H groups in total. The van der Waals surface area contributed by atoms with Gasteiger partial charge in [0, 0.05) is 43.2 Å². The molecule has 7 nitrogen and oxygen atoms in total. The lowest BCUT2D eigenvalue weighted by Crippen LogP contribution is -2.42. The number of carbonyl (C=O) groups excluding carboxylic acids is 1. The van der Waals surface area contributed by atoms with E-state index in [-0.39, 0.29) is 27.6 Å². The Labute approximate surface area is 171 Å². The maximum absolute atomic E-state index is 13.1. The Morgan fingerprint density at radius 1 is 1.24 bits per heavy atom. The fourth-order valence-corrected chi connectivity index (χ4v) is 5.30. The standard InChI is InChI=1S/C21H27N3O4S/c1-4-23-12-10-20(25)19(14-23)22-21(26)18-13-17(9-8-15(18)2)29(27,28)24-11-6-5-7-16(24)3/h8-10,12-14,16H,4-7,11H2,1-3H3,(H,22,26)/t16-/m1/s1. The zero-order chi connectivity index (χ0) is 21.2. The van der Waals surface area contributed by atoms with Gasteiger partial charge in [-0.2, -0.15) is 4.31 Å². The third-order valence-electron chi connectivity index (χ3n) is 5.39. The number of rotatable bonds is 5. The number of sulfonamides is 1. The van der Waals surface area contributed by atoms with Gasteiger partial charge in [0.15, 0.2) is 0 Å². The van der Waals surface area contributed by atoms with Crippen LogP contribution in [0.25, 0.3) is 0 Å². The molecular formula is C21H27N3O4S. The molecule has 2 heterocycles. The SMILES string of the molecule is CCn1ccc(=O)c(NC(=O)c2cc(S(=O)(=O)N3CCCC[C@H]3C)ccc2C)c1. The van der Waals surface area contributed by atoms with Crippen LogP contribution in [0.1, 0.15) is 49.0 Å². The Hall–Kier alpha value is -2.45. The van der Waals surface area contributed by atoms with Crippen molar-refractivity contribution in [2.45, 2.75) is 57.5 Å². The van der Waals surface area contributed by atoms with Gasteiger partial charge < -0.3 is 9.88 Å². The van der Waals surface area contributed by atoms with Crippen molar-refractivity contribution in [3.05, 3.63) is 58.0 Å². The summed E-state index contributed by atoms with van der Waals surface area (Å²) in [6.07, 6.45) is 5.90. The van der Waals surface area contributed by atoms with Crippen molar-refractivity contribution in [1.29, 1.82) is 0 Å². The maximum atomic E-state index is 13.1. The molecule has 2 aromatic rings. The fraction of sp³-hybridized carbons (Fsp3) is 0.429. The minimum Gasteiger partial charge on any atom is -0.352 e. The number of hydrogen-bond donors (Lipinski definition) is 1. The molecule has 8 heteroatoms. The van der Waals surface area contributed by atoms with E-state index in [9.17, 15) is 18.0 Å². The van der Waals surface area contributed by atoms with Crippen molar-refractivity contribution in [3.63, 3.8) is 0 Å². The Bertz CT molecular complexity index is 1080. The lowest BCUT2D eigenvalue weighted by molar-refractivity contribution is 0.102. The first kappa shape index (κ1) is 21.3. The quantitative estimate of drug-likeness (QED) is 0.810. The fourth-order valence-electron chi connectivity index (χ4n) is 3.58. The Kier molecular flexibility index (Phi) is 6.24. The van der Waals surface area contributed by atoms with Gasteiger partial charge in [0.2, 0.25) is 15.5 Å². The molecule has 1 atom stereocenters. The number of anilines is 1. The average molecular weight is 418 g/mol. The molecule has 0 spiro atoms. The molecule has 0 unspecified atom stereocenters. The smallest absolute Gasteiger partial charge is 0.256 e. The lowest BCUT2D eigenvalue weighted by Gasteiger charge is -2.32. The van der Waals surface area contributed by atoms with Crippen molar-refractivity contribution in [3.8, 4) is 0 Å². The zero-order valence-electron chi connectivity index (χ0n) is 17.0. The summed E-state index contributed by atoms with van der Waals surface area (Å²) < 4.78 is 29.5. The number of aryl methyl sites for hydroxylation is 2. The van der Waals surface area contributed by atoms with Crippen molar-refractivity contribution in [1.82, 2.24) is 8.87 Å². The van der Waals surface area contributed by atoms with Crippen LogP contribution in [0.5, 0.6) is 0 Å². The molecule has 1 saturated heterocycles. The largest absolute Gasteiger partial charge is 0.352 e. The first-order valence-electron chi connectivity index (χ1n) is 9.88. The van der Waals surface area contributed by atoms with E-state index in [0.717, 1.165) is 19.3 Å². The van der Waals surface area contributed by atoms with Crippen LogP contribution in [0.3, 0.4) is 0 Å². The molecule has 1 aliphatic rings. The molecule has 3 rings (SSSR count). The minimum atomic E-state index is -3.69. The summed E-state index contributed by atoms with van der Waals surface area (Å²) in [6, 6.07) is 5.90. The van der Waals surface area contributed by atoms with E-state index >= 15 is 0 Å². The van der Waals surface area contributed by atoms with E-state index < -0.39 is 15.9 Å². The van der Waals surface area contributed by atoms with Crippen molar-refractivity contribution >= 4 is 21.6 Å². The first-order chi connectivity index (χ1) is 13.7. The number of aromatic nitrogens is 1. The second-order valence-electron chi connectivity index (χ2n) is 7.44. The number of benzene rings is 1. The van der Waals surface area contributed by atoms with Gasteiger partial charge >= 0.3 is 0 Å². The molecular weight excluding hydrogens is 390 g/mol. The predicted octanol–water partition coefficient (Wildman–Crippen LogP) is 2.99.